The van der Waals surface area contributed by atoms with Crippen LogP contribution in [0, 0.1) is 0 Å². The van der Waals surface area contributed by atoms with Gasteiger partial charge >= 0.3 is 6.18 Å². The molecule has 1 amide bonds. The number of hydrogen-bond acceptors (Lipinski definition) is 5. The Bertz CT molecular complexity index is 1020. The quantitative estimate of drug-likeness (QED) is 0.450. The van der Waals surface area contributed by atoms with E-state index < -0.39 is 18.6 Å². The molecule has 1 heterocycles. The molecular weight excluding hydrogens is 431 g/mol. The number of benzene rings is 2. The third-order valence-corrected chi connectivity index (χ3v) is 5.45. The molecular formula is C21H22F3N3O3S. The number of alkyl halides is 3. The molecule has 0 saturated heterocycles. The zero-order valence-corrected chi connectivity index (χ0v) is 17.9. The number of carbonyl (C=O) groups is 1. The predicted molar refractivity (Wildman–Crippen MR) is 114 cm³/mol. The number of fused-ring (bicyclic) bond motifs is 1. The van der Waals surface area contributed by atoms with Crippen molar-refractivity contribution in [3.8, 4) is 5.75 Å². The molecule has 0 aliphatic heterocycles. The van der Waals surface area contributed by atoms with E-state index in [-0.39, 0.29) is 11.4 Å². The minimum absolute atomic E-state index is 0.150. The van der Waals surface area contributed by atoms with Crippen LogP contribution in [0.4, 0.5) is 18.9 Å². The number of halogens is 3. The molecule has 1 aromatic heterocycles. The maximum atomic E-state index is 13.1. The molecule has 0 N–H and O–H groups in total. The first kappa shape index (κ1) is 23.0. The van der Waals surface area contributed by atoms with Gasteiger partial charge in [0.05, 0.1) is 30.5 Å². The second-order valence-corrected chi connectivity index (χ2v) is 7.55. The number of amides is 1. The fourth-order valence-corrected chi connectivity index (χ4v) is 3.95. The van der Waals surface area contributed by atoms with Crippen molar-refractivity contribution in [1.29, 1.82) is 0 Å². The number of thioether (sulfide) groups is 1. The fourth-order valence-electron chi connectivity index (χ4n) is 3.03. The van der Waals surface area contributed by atoms with Crippen molar-refractivity contribution < 1.29 is 27.4 Å². The molecule has 0 spiro atoms. The molecule has 0 saturated carbocycles. The summed E-state index contributed by atoms with van der Waals surface area (Å²) in [6.45, 7) is -0.426. The molecule has 3 rings (SSSR count). The number of anilines is 1. The minimum atomic E-state index is -4.54. The third kappa shape index (κ3) is 5.92. The Balaban J connectivity index is 1.81. The van der Waals surface area contributed by atoms with E-state index in [4.69, 9.17) is 9.47 Å². The predicted octanol–water partition coefficient (Wildman–Crippen LogP) is 4.38. The van der Waals surface area contributed by atoms with Crippen LogP contribution in [0.1, 0.15) is 0 Å². The molecule has 2 aromatic carbocycles. The summed E-state index contributed by atoms with van der Waals surface area (Å²) in [6.07, 6.45) is -4.54. The molecule has 0 radical (unpaired) electrons. The summed E-state index contributed by atoms with van der Waals surface area (Å²) >= 11 is 1.10. The highest BCUT2D eigenvalue weighted by molar-refractivity contribution is 7.99. The average Bonchev–Trinajstić information content (AvgIpc) is 3.11. The zero-order valence-electron chi connectivity index (χ0n) is 17.1. The van der Waals surface area contributed by atoms with Crippen LogP contribution >= 0.6 is 11.8 Å². The number of hydrogen-bond donors (Lipinski definition) is 0. The first-order valence-corrected chi connectivity index (χ1v) is 10.4. The Labute approximate surface area is 181 Å². The van der Waals surface area contributed by atoms with Crippen LogP contribution in [0.2, 0.25) is 0 Å². The summed E-state index contributed by atoms with van der Waals surface area (Å²) in [5, 5.41) is 0.549. The Morgan fingerprint density at radius 3 is 2.48 bits per heavy atom. The van der Waals surface area contributed by atoms with Crippen LogP contribution in [-0.2, 0) is 16.1 Å². The highest BCUT2D eigenvalue weighted by Crippen LogP contribution is 2.28. The first-order chi connectivity index (χ1) is 14.8. The molecule has 0 bridgehead atoms. The van der Waals surface area contributed by atoms with Crippen molar-refractivity contribution in [2.45, 2.75) is 17.9 Å². The van der Waals surface area contributed by atoms with Gasteiger partial charge in [-0.25, -0.2) is 4.98 Å². The van der Waals surface area contributed by atoms with E-state index in [0.29, 0.717) is 24.1 Å². The summed E-state index contributed by atoms with van der Waals surface area (Å²) in [6, 6.07) is 13.4. The van der Waals surface area contributed by atoms with E-state index in [1.54, 1.807) is 7.11 Å². The molecule has 0 aliphatic rings. The number of carbonyl (C=O) groups excluding carboxylic acids is 1. The van der Waals surface area contributed by atoms with Gasteiger partial charge in [0, 0.05) is 19.3 Å². The van der Waals surface area contributed by atoms with Gasteiger partial charge in [0.15, 0.2) is 5.16 Å². The van der Waals surface area contributed by atoms with Gasteiger partial charge in [-0.2, -0.15) is 13.2 Å². The van der Waals surface area contributed by atoms with Gasteiger partial charge in [0.2, 0.25) is 5.91 Å². The van der Waals surface area contributed by atoms with Crippen LogP contribution in [-0.4, -0.2) is 54.8 Å². The molecule has 10 heteroatoms. The van der Waals surface area contributed by atoms with Crippen molar-refractivity contribution in [2.75, 3.05) is 38.0 Å². The van der Waals surface area contributed by atoms with Gasteiger partial charge in [0.1, 0.15) is 12.3 Å². The lowest BCUT2D eigenvalue weighted by molar-refractivity contribution is -0.131. The SMILES string of the molecule is COCCn1c(SCC(=O)N(CC(F)(F)F)c2ccc(OC)cc2)nc2ccccc21. The maximum absolute atomic E-state index is 13.1. The largest absolute Gasteiger partial charge is 0.497 e. The smallest absolute Gasteiger partial charge is 0.406 e. The molecule has 0 unspecified atom stereocenters. The third-order valence-electron chi connectivity index (χ3n) is 4.49. The Morgan fingerprint density at radius 2 is 1.84 bits per heavy atom. The second-order valence-electron chi connectivity index (χ2n) is 6.61. The van der Waals surface area contributed by atoms with E-state index >= 15 is 0 Å². The van der Waals surface area contributed by atoms with Gasteiger partial charge in [-0.1, -0.05) is 23.9 Å². The van der Waals surface area contributed by atoms with Crippen molar-refractivity contribution in [3.05, 3.63) is 48.5 Å². The van der Waals surface area contributed by atoms with Crippen LogP contribution in [0.5, 0.6) is 5.75 Å². The van der Waals surface area contributed by atoms with Crippen molar-refractivity contribution in [2.24, 2.45) is 0 Å². The lowest BCUT2D eigenvalue weighted by Gasteiger charge is -2.24. The van der Waals surface area contributed by atoms with Crippen molar-refractivity contribution in [1.82, 2.24) is 9.55 Å². The highest BCUT2D eigenvalue weighted by atomic mass is 32.2. The molecule has 166 valence electrons. The number of para-hydroxylation sites is 2. The lowest BCUT2D eigenvalue weighted by Crippen LogP contribution is -2.40. The topological polar surface area (TPSA) is 56.6 Å². The van der Waals surface area contributed by atoms with Crippen LogP contribution in [0.3, 0.4) is 0 Å². The van der Waals surface area contributed by atoms with E-state index in [0.717, 1.165) is 27.7 Å². The number of ether oxygens (including phenoxy) is 2. The average molecular weight is 453 g/mol. The highest BCUT2D eigenvalue weighted by Gasteiger charge is 2.34. The number of nitrogens with zero attached hydrogens (tertiary/aromatic N) is 3. The van der Waals surface area contributed by atoms with Crippen LogP contribution in [0.15, 0.2) is 53.7 Å². The van der Waals surface area contributed by atoms with Gasteiger partial charge in [0.25, 0.3) is 0 Å². The summed E-state index contributed by atoms with van der Waals surface area (Å²) in [7, 11) is 3.04. The number of imidazole rings is 1. The van der Waals surface area contributed by atoms with E-state index in [1.165, 1.54) is 31.4 Å². The monoisotopic (exact) mass is 453 g/mol. The normalized spacial score (nSPS) is 11.6. The van der Waals surface area contributed by atoms with E-state index in [9.17, 15) is 18.0 Å². The van der Waals surface area contributed by atoms with Gasteiger partial charge in [-0.15, -0.1) is 0 Å². The number of aromatic nitrogens is 2. The maximum Gasteiger partial charge on any atom is 0.406 e. The molecule has 31 heavy (non-hydrogen) atoms. The van der Waals surface area contributed by atoms with E-state index in [2.05, 4.69) is 4.98 Å². The minimum Gasteiger partial charge on any atom is -0.497 e. The van der Waals surface area contributed by atoms with Crippen LogP contribution in [0.25, 0.3) is 11.0 Å². The lowest BCUT2D eigenvalue weighted by atomic mass is 10.2. The first-order valence-electron chi connectivity index (χ1n) is 9.40. The van der Waals surface area contributed by atoms with Gasteiger partial charge < -0.3 is 18.9 Å². The number of methoxy groups -OCH3 is 2. The Kier molecular flexibility index (Phi) is 7.45. The molecule has 0 aliphatic carbocycles. The zero-order chi connectivity index (χ0) is 22.4. The molecule has 6 nitrogen and oxygen atoms in total. The van der Waals surface area contributed by atoms with Gasteiger partial charge in [-0.05, 0) is 36.4 Å². The number of rotatable bonds is 9. The standard InChI is InChI=1S/C21H22F3N3O3S/c1-29-12-11-26-18-6-4-3-5-17(18)25-20(26)31-13-19(28)27(14-21(22,23)24)15-7-9-16(30-2)10-8-15/h3-10H,11-14H2,1-2H3. The summed E-state index contributed by atoms with van der Waals surface area (Å²) in [4.78, 5) is 18.1. The van der Waals surface area contributed by atoms with Gasteiger partial charge in [-0.3, -0.25) is 4.79 Å². The fraction of sp³-hybridized carbons (Fsp3) is 0.333. The molecule has 3 aromatic rings. The van der Waals surface area contributed by atoms with Crippen LogP contribution < -0.4 is 9.64 Å². The molecule has 0 atom stereocenters. The Morgan fingerprint density at radius 1 is 1.13 bits per heavy atom. The second kappa shape index (κ2) is 10.1. The van der Waals surface area contributed by atoms with E-state index in [1.807, 2.05) is 28.8 Å². The summed E-state index contributed by atoms with van der Waals surface area (Å²) in [5.74, 6) is -0.375. The summed E-state index contributed by atoms with van der Waals surface area (Å²) in [5.41, 5.74) is 1.77. The Hall–Kier alpha value is -2.72. The summed E-state index contributed by atoms with van der Waals surface area (Å²) < 4.78 is 51.5. The molecule has 0 fully saturated rings. The van der Waals surface area contributed by atoms with Crippen molar-refractivity contribution >= 4 is 34.4 Å². The van der Waals surface area contributed by atoms with Crippen molar-refractivity contribution in [3.63, 3.8) is 0 Å².